The lowest BCUT2D eigenvalue weighted by Gasteiger charge is -2.10. The van der Waals surface area contributed by atoms with Crippen molar-refractivity contribution in [2.45, 2.75) is 13.5 Å². The largest absolute Gasteiger partial charge is 0.454 e. The van der Waals surface area contributed by atoms with Crippen LogP contribution in [0, 0.1) is 6.92 Å². The molecule has 0 saturated carbocycles. The molecule has 2 aromatic rings. The van der Waals surface area contributed by atoms with E-state index in [1.807, 2.05) is 19.1 Å². The zero-order valence-corrected chi connectivity index (χ0v) is 10.1. The molecule has 0 unspecified atom stereocenters. The normalized spacial score (nSPS) is 10.3. The van der Waals surface area contributed by atoms with Crippen molar-refractivity contribution in [2.75, 3.05) is 0 Å². The Labute approximate surface area is 105 Å². The first kappa shape index (κ1) is 11.9. The van der Waals surface area contributed by atoms with Crippen LogP contribution in [0.5, 0.6) is 11.5 Å². The second kappa shape index (κ2) is 5.17. The number of aromatic nitrogens is 1. The highest BCUT2D eigenvalue weighted by Crippen LogP contribution is 2.31. The van der Waals surface area contributed by atoms with Gasteiger partial charge in [0.25, 0.3) is 0 Å². The Hall–Kier alpha value is -1.58. The van der Waals surface area contributed by atoms with Gasteiger partial charge >= 0.3 is 0 Å². The summed E-state index contributed by atoms with van der Waals surface area (Å²) in [5, 5.41) is 9.71. The van der Waals surface area contributed by atoms with E-state index >= 15 is 0 Å². The topological polar surface area (TPSA) is 42.4 Å². The Morgan fingerprint density at radius 1 is 1.29 bits per heavy atom. The van der Waals surface area contributed by atoms with Gasteiger partial charge in [0.05, 0.1) is 17.8 Å². The summed E-state index contributed by atoms with van der Waals surface area (Å²) in [6, 6.07) is 7.24. The molecule has 0 aliphatic heterocycles. The molecular formula is C13H12ClNO2. The third-order valence-corrected chi connectivity index (χ3v) is 2.66. The van der Waals surface area contributed by atoms with Gasteiger partial charge in [-0.3, -0.25) is 4.98 Å². The number of benzene rings is 1. The van der Waals surface area contributed by atoms with Crippen molar-refractivity contribution in [2.24, 2.45) is 0 Å². The van der Waals surface area contributed by atoms with E-state index in [2.05, 4.69) is 4.98 Å². The number of aliphatic hydroxyl groups is 1. The van der Waals surface area contributed by atoms with Crippen molar-refractivity contribution in [3.05, 3.63) is 52.8 Å². The molecule has 1 N–H and O–H groups in total. The fourth-order valence-electron chi connectivity index (χ4n) is 1.44. The van der Waals surface area contributed by atoms with Gasteiger partial charge < -0.3 is 9.84 Å². The number of pyridine rings is 1. The molecule has 0 atom stereocenters. The van der Waals surface area contributed by atoms with E-state index in [0.717, 1.165) is 5.56 Å². The average Bonchev–Trinajstić information content (AvgIpc) is 2.34. The van der Waals surface area contributed by atoms with E-state index in [-0.39, 0.29) is 6.61 Å². The predicted octanol–water partition coefficient (Wildman–Crippen LogP) is 3.33. The monoisotopic (exact) mass is 249 g/mol. The van der Waals surface area contributed by atoms with Crippen molar-refractivity contribution in [1.29, 1.82) is 0 Å². The maximum Gasteiger partial charge on any atom is 0.151 e. The highest BCUT2D eigenvalue weighted by Gasteiger charge is 2.07. The second-order valence-electron chi connectivity index (χ2n) is 3.68. The van der Waals surface area contributed by atoms with Crippen molar-refractivity contribution in [3.8, 4) is 11.5 Å². The fraction of sp³-hybridized carbons (Fsp3) is 0.154. The molecule has 88 valence electrons. The van der Waals surface area contributed by atoms with Gasteiger partial charge in [0.15, 0.2) is 5.75 Å². The van der Waals surface area contributed by atoms with E-state index in [1.165, 1.54) is 0 Å². The van der Waals surface area contributed by atoms with Crippen LogP contribution in [0.2, 0.25) is 5.02 Å². The van der Waals surface area contributed by atoms with E-state index in [0.29, 0.717) is 22.1 Å². The number of aliphatic hydroxyl groups excluding tert-OH is 1. The molecule has 2 rings (SSSR count). The zero-order chi connectivity index (χ0) is 12.3. The predicted molar refractivity (Wildman–Crippen MR) is 66.4 cm³/mol. The van der Waals surface area contributed by atoms with Gasteiger partial charge in [-0.2, -0.15) is 0 Å². The number of aryl methyl sites for hydroxylation is 1. The number of nitrogens with zero attached hydrogens (tertiary/aromatic N) is 1. The molecule has 0 saturated heterocycles. The van der Waals surface area contributed by atoms with Gasteiger partial charge in [-0.15, -0.1) is 0 Å². The Balaban J connectivity index is 2.34. The molecule has 0 radical (unpaired) electrons. The number of hydrogen-bond acceptors (Lipinski definition) is 3. The van der Waals surface area contributed by atoms with Crippen LogP contribution >= 0.6 is 11.6 Å². The molecule has 1 aromatic heterocycles. The third kappa shape index (κ3) is 2.75. The van der Waals surface area contributed by atoms with Crippen LogP contribution in [0.1, 0.15) is 11.1 Å². The van der Waals surface area contributed by atoms with Gasteiger partial charge in [-0.1, -0.05) is 17.7 Å². The third-order valence-electron chi connectivity index (χ3n) is 2.35. The molecule has 0 bridgehead atoms. The van der Waals surface area contributed by atoms with Gasteiger partial charge in [-0.05, 0) is 30.7 Å². The maximum atomic E-state index is 9.18. The first-order chi connectivity index (χ1) is 8.20. The molecule has 1 heterocycles. The van der Waals surface area contributed by atoms with E-state index in [4.69, 9.17) is 16.3 Å². The van der Waals surface area contributed by atoms with E-state index in [9.17, 15) is 5.11 Å². The maximum absolute atomic E-state index is 9.18. The number of halogens is 1. The molecule has 0 amide bonds. The Morgan fingerprint density at radius 3 is 2.88 bits per heavy atom. The standard InChI is InChI=1S/C13H12ClNO2/c1-9-2-3-11(14)12(6-9)17-13-7-15-5-4-10(13)8-16/h2-7,16H,8H2,1H3. The number of ether oxygens (including phenoxy) is 1. The summed E-state index contributed by atoms with van der Waals surface area (Å²) in [6.07, 6.45) is 3.17. The lowest BCUT2D eigenvalue weighted by Crippen LogP contribution is -1.93. The average molecular weight is 250 g/mol. The first-order valence-electron chi connectivity index (χ1n) is 5.18. The lowest BCUT2D eigenvalue weighted by atomic mass is 10.2. The molecule has 3 nitrogen and oxygen atoms in total. The van der Waals surface area contributed by atoms with Crippen molar-refractivity contribution >= 4 is 11.6 Å². The van der Waals surface area contributed by atoms with Crippen molar-refractivity contribution in [3.63, 3.8) is 0 Å². The highest BCUT2D eigenvalue weighted by atomic mass is 35.5. The van der Waals surface area contributed by atoms with Crippen molar-refractivity contribution in [1.82, 2.24) is 4.98 Å². The lowest BCUT2D eigenvalue weighted by molar-refractivity contribution is 0.276. The van der Waals surface area contributed by atoms with Gasteiger partial charge in [0.2, 0.25) is 0 Å². The summed E-state index contributed by atoms with van der Waals surface area (Å²) in [6.45, 7) is 1.86. The first-order valence-corrected chi connectivity index (χ1v) is 5.56. The fourth-order valence-corrected chi connectivity index (χ4v) is 1.59. The molecule has 0 fully saturated rings. The number of hydrogen-bond donors (Lipinski definition) is 1. The van der Waals surface area contributed by atoms with Crippen LogP contribution in [-0.4, -0.2) is 10.1 Å². The quantitative estimate of drug-likeness (QED) is 0.907. The molecule has 4 heteroatoms. The van der Waals surface area contributed by atoms with Gasteiger partial charge in [0, 0.05) is 11.8 Å². The molecule has 0 aliphatic carbocycles. The minimum Gasteiger partial charge on any atom is -0.454 e. The smallest absolute Gasteiger partial charge is 0.151 e. The molecule has 1 aromatic carbocycles. The van der Waals surface area contributed by atoms with Crippen molar-refractivity contribution < 1.29 is 9.84 Å². The number of rotatable bonds is 3. The van der Waals surface area contributed by atoms with Crippen LogP contribution in [0.3, 0.4) is 0 Å². The summed E-state index contributed by atoms with van der Waals surface area (Å²) in [7, 11) is 0. The highest BCUT2D eigenvalue weighted by molar-refractivity contribution is 6.32. The minimum absolute atomic E-state index is 0.0959. The Morgan fingerprint density at radius 2 is 2.12 bits per heavy atom. The zero-order valence-electron chi connectivity index (χ0n) is 9.35. The molecule has 0 spiro atoms. The van der Waals surface area contributed by atoms with Crippen LogP contribution in [0.15, 0.2) is 36.7 Å². The molecular weight excluding hydrogens is 238 g/mol. The van der Waals surface area contributed by atoms with Crippen LogP contribution < -0.4 is 4.74 Å². The summed E-state index contributed by atoms with van der Waals surface area (Å²) < 4.78 is 5.66. The van der Waals surface area contributed by atoms with Crippen LogP contribution in [0.4, 0.5) is 0 Å². The molecule has 0 aliphatic rings. The van der Waals surface area contributed by atoms with Crippen LogP contribution in [-0.2, 0) is 6.61 Å². The summed E-state index contributed by atoms with van der Waals surface area (Å²) in [5.74, 6) is 1.08. The molecule has 17 heavy (non-hydrogen) atoms. The summed E-state index contributed by atoms with van der Waals surface area (Å²) >= 11 is 6.03. The summed E-state index contributed by atoms with van der Waals surface area (Å²) in [5.41, 5.74) is 1.73. The minimum atomic E-state index is -0.0959. The van der Waals surface area contributed by atoms with Gasteiger partial charge in [-0.25, -0.2) is 0 Å². The Kier molecular flexibility index (Phi) is 3.61. The summed E-state index contributed by atoms with van der Waals surface area (Å²) in [4.78, 5) is 3.96. The van der Waals surface area contributed by atoms with E-state index < -0.39 is 0 Å². The van der Waals surface area contributed by atoms with Gasteiger partial charge in [0.1, 0.15) is 5.75 Å². The Bertz CT molecular complexity index is 529. The SMILES string of the molecule is Cc1ccc(Cl)c(Oc2cnccc2CO)c1. The van der Waals surface area contributed by atoms with Crippen LogP contribution in [0.25, 0.3) is 0 Å². The van der Waals surface area contributed by atoms with E-state index in [1.54, 1.807) is 24.5 Å². The second-order valence-corrected chi connectivity index (χ2v) is 4.08.